The monoisotopic (exact) mass is 342 g/mol. The summed E-state index contributed by atoms with van der Waals surface area (Å²) in [6.45, 7) is 7.45. The van der Waals surface area contributed by atoms with E-state index >= 15 is 0 Å². The second-order valence-corrected chi connectivity index (χ2v) is 6.85. The van der Waals surface area contributed by atoms with E-state index in [9.17, 15) is 4.79 Å². The average Bonchev–Trinajstić information content (AvgIpc) is 3.10. The lowest BCUT2D eigenvalue weighted by Gasteiger charge is -2.27. The number of benzene rings is 1. The van der Waals surface area contributed by atoms with Crippen molar-refractivity contribution in [2.24, 2.45) is 0 Å². The third kappa shape index (κ3) is 3.59. The molecule has 3 aromatic rings. The molecule has 0 unspecified atom stereocenters. The van der Waals surface area contributed by atoms with E-state index in [1.807, 2.05) is 46.4 Å². The first kappa shape index (κ1) is 16.5. The van der Waals surface area contributed by atoms with Crippen molar-refractivity contribution in [3.05, 3.63) is 47.7 Å². The van der Waals surface area contributed by atoms with Crippen molar-refractivity contribution in [2.75, 3.05) is 16.8 Å². The summed E-state index contributed by atoms with van der Waals surface area (Å²) in [5.74, 6) is -0.0512. The van der Waals surface area contributed by atoms with Crippen LogP contribution in [0.2, 0.25) is 0 Å². The fourth-order valence-electron chi connectivity index (χ4n) is 2.81. The number of thiazole rings is 1. The predicted molar refractivity (Wildman–Crippen MR) is 100 cm³/mol. The number of aromatic nitrogens is 2. The maximum Gasteiger partial charge on any atom is 0.230 e. The molecule has 0 bridgehead atoms. The van der Waals surface area contributed by atoms with E-state index in [2.05, 4.69) is 36.0 Å². The third-order valence-electron chi connectivity index (χ3n) is 3.93. The molecule has 0 atom stereocenters. The molecular weight excluding hydrogens is 320 g/mol. The van der Waals surface area contributed by atoms with Gasteiger partial charge in [-0.25, -0.2) is 4.98 Å². The lowest BCUT2D eigenvalue weighted by molar-refractivity contribution is -0.115. The largest absolute Gasteiger partial charge is 0.369 e. The maximum absolute atomic E-state index is 12.2. The molecule has 0 aliphatic carbocycles. The van der Waals surface area contributed by atoms with Gasteiger partial charge >= 0.3 is 0 Å². The van der Waals surface area contributed by atoms with Crippen LogP contribution in [0.5, 0.6) is 0 Å². The Labute approximate surface area is 145 Å². The first-order valence-corrected chi connectivity index (χ1v) is 9.02. The summed E-state index contributed by atoms with van der Waals surface area (Å²) >= 11 is 1.56. The Hall–Kier alpha value is -2.34. The molecular formula is C18H22N4OS. The Morgan fingerprint density at radius 2 is 2.08 bits per heavy atom. The van der Waals surface area contributed by atoms with Gasteiger partial charge in [-0.1, -0.05) is 0 Å². The highest BCUT2D eigenvalue weighted by Gasteiger charge is 2.10. The van der Waals surface area contributed by atoms with Crippen molar-refractivity contribution < 1.29 is 4.79 Å². The molecule has 24 heavy (non-hydrogen) atoms. The number of hydrogen-bond donors (Lipinski definition) is 1. The van der Waals surface area contributed by atoms with Gasteiger partial charge in [-0.3, -0.25) is 9.20 Å². The molecule has 126 valence electrons. The van der Waals surface area contributed by atoms with Crippen LogP contribution in [0.25, 0.3) is 4.96 Å². The van der Waals surface area contributed by atoms with Crippen LogP contribution in [0.15, 0.2) is 42.0 Å². The van der Waals surface area contributed by atoms with Gasteiger partial charge in [0.25, 0.3) is 0 Å². The van der Waals surface area contributed by atoms with Crippen LogP contribution in [0, 0.1) is 0 Å². The molecule has 1 aromatic carbocycles. The Bertz CT molecular complexity index is 791. The molecule has 1 N–H and O–H groups in total. The smallest absolute Gasteiger partial charge is 0.230 e. The fourth-order valence-corrected chi connectivity index (χ4v) is 3.53. The maximum atomic E-state index is 12.2. The number of imidazole rings is 1. The van der Waals surface area contributed by atoms with Crippen molar-refractivity contribution >= 4 is 33.6 Å². The van der Waals surface area contributed by atoms with Crippen molar-refractivity contribution in [1.82, 2.24) is 9.38 Å². The molecule has 0 fully saturated rings. The summed E-state index contributed by atoms with van der Waals surface area (Å²) in [7, 11) is 0. The summed E-state index contributed by atoms with van der Waals surface area (Å²) < 4.78 is 1.94. The molecule has 0 radical (unpaired) electrons. The molecule has 0 spiro atoms. The Kier molecular flexibility index (Phi) is 4.85. The number of nitrogens with zero attached hydrogens (tertiary/aromatic N) is 3. The number of rotatable bonds is 6. The minimum absolute atomic E-state index is 0.0512. The number of nitrogens with one attached hydrogen (secondary N) is 1. The summed E-state index contributed by atoms with van der Waals surface area (Å²) in [6.07, 6.45) is 4.13. The molecule has 5 nitrogen and oxygen atoms in total. The zero-order chi connectivity index (χ0) is 17.1. The van der Waals surface area contributed by atoms with E-state index in [0.29, 0.717) is 6.04 Å². The van der Waals surface area contributed by atoms with Gasteiger partial charge in [0.15, 0.2) is 4.96 Å². The van der Waals surface area contributed by atoms with Crippen LogP contribution < -0.4 is 10.2 Å². The highest BCUT2D eigenvalue weighted by Crippen LogP contribution is 2.20. The Morgan fingerprint density at radius 1 is 1.33 bits per heavy atom. The second kappa shape index (κ2) is 7.05. The van der Waals surface area contributed by atoms with Gasteiger partial charge < -0.3 is 10.2 Å². The topological polar surface area (TPSA) is 49.6 Å². The van der Waals surface area contributed by atoms with Crippen LogP contribution in [0.4, 0.5) is 11.4 Å². The lowest BCUT2D eigenvalue weighted by atomic mass is 10.2. The minimum atomic E-state index is -0.0512. The number of amides is 1. The van der Waals surface area contributed by atoms with Crippen LogP contribution in [0.3, 0.4) is 0 Å². The molecule has 0 saturated carbocycles. The first-order valence-electron chi connectivity index (χ1n) is 8.14. The highest BCUT2D eigenvalue weighted by atomic mass is 32.1. The number of hydrogen-bond acceptors (Lipinski definition) is 4. The van der Waals surface area contributed by atoms with Gasteiger partial charge in [0.2, 0.25) is 5.91 Å². The third-order valence-corrected chi connectivity index (χ3v) is 4.70. The van der Waals surface area contributed by atoms with E-state index in [0.717, 1.165) is 22.9 Å². The van der Waals surface area contributed by atoms with Crippen LogP contribution in [-0.4, -0.2) is 27.9 Å². The summed E-state index contributed by atoms with van der Waals surface area (Å²) in [5, 5.41) is 4.91. The SMILES string of the molecule is CCN(c1ccc(NC(=O)Cc2cn3ccsc3n2)cc1)C(C)C. The zero-order valence-electron chi connectivity index (χ0n) is 14.2. The second-order valence-electron chi connectivity index (χ2n) is 5.98. The number of anilines is 2. The lowest BCUT2D eigenvalue weighted by Crippen LogP contribution is -2.30. The minimum Gasteiger partial charge on any atom is -0.369 e. The predicted octanol–water partition coefficient (Wildman–Crippen LogP) is 3.81. The molecule has 1 amide bonds. The number of fused-ring (bicyclic) bond motifs is 1. The molecule has 3 rings (SSSR count). The van der Waals surface area contributed by atoms with Crippen LogP contribution in [-0.2, 0) is 11.2 Å². The summed E-state index contributed by atoms with van der Waals surface area (Å²) in [5.41, 5.74) is 2.76. The van der Waals surface area contributed by atoms with Crippen molar-refractivity contribution in [3.8, 4) is 0 Å². The molecule has 0 saturated heterocycles. The highest BCUT2D eigenvalue weighted by molar-refractivity contribution is 7.15. The summed E-state index contributed by atoms with van der Waals surface area (Å²) in [4.78, 5) is 19.9. The molecule has 2 heterocycles. The van der Waals surface area contributed by atoms with E-state index in [1.165, 1.54) is 5.69 Å². The quantitative estimate of drug-likeness (QED) is 0.741. The van der Waals surface area contributed by atoms with Gasteiger partial charge in [0.1, 0.15) is 0 Å². The average molecular weight is 342 g/mol. The molecule has 6 heteroatoms. The standard InChI is InChI=1S/C18H22N4OS/c1-4-22(13(2)3)16-7-5-14(6-8-16)19-17(23)11-15-12-21-9-10-24-18(21)20-15/h5-10,12-13H,4,11H2,1-3H3,(H,19,23). The number of carbonyl (C=O) groups is 1. The normalized spacial score (nSPS) is 11.2. The Morgan fingerprint density at radius 3 is 2.71 bits per heavy atom. The van der Waals surface area contributed by atoms with Gasteiger partial charge in [0.05, 0.1) is 12.1 Å². The fraction of sp³-hybridized carbons (Fsp3) is 0.333. The summed E-state index contributed by atoms with van der Waals surface area (Å²) in [6, 6.07) is 8.44. The van der Waals surface area contributed by atoms with Crippen molar-refractivity contribution in [3.63, 3.8) is 0 Å². The molecule has 2 aromatic heterocycles. The zero-order valence-corrected chi connectivity index (χ0v) is 15.0. The van der Waals surface area contributed by atoms with Gasteiger partial charge in [-0.15, -0.1) is 11.3 Å². The van der Waals surface area contributed by atoms with E-state index in [-0.39, 0.29) is 12.3 Å². The van der Waals surface area contributed by atoms with Crippen molar-refractivity contribution in [2.45, 2.75) is 33.2 Å². The van der Waals surface area contributed by atoms with E-state index < -0.39 is 0 Å². The van der Waals surface area contributed by atoms with Gasteiger partial charge in [-0.05, 0) is 45.0 Å². The van der Waals surface area contributed by atoms with E-state index in [1.54, 1.807) is 11.3 Å². The van der Waals surface area contributed by atoms with Crippen LogP contribution >= 0.6 is 11.3 Å². The van der Waals surface area contributed by atoms with Gasteiger partial charge in [-0.2, -0.15) is 0 Å². The van der Waals surface area contributed by atoms with Crippen molar-refractivity contribution in [1.29, 1.82) is 0 Å². The van der Waals surface area contributed by atoms with Gasteiger partial charge in [0, 0.05) is 41.7 Å². The molecule has 0 aliphatic heterocycles. The van der Waals surface area contributed by atoms with E-state index in [4.69, 9.17) is 0 Å². The van der Waals surface area contributed by atoms with Crippen LogP contribution in [0.1, 0.15) is 26.5 Å². The first-order chi connectivity index (χ1) is 11.6. The Balaban J connectivity index is 1.62. The molecule has 0 aliphatic rings. The number of carbonyl (C=O) groups excluding carboxylic acids is 1.